The van der Waals surface area contributed by atoms with Crippen molar-refractivity contribution in [1.29, 1.82) is 0 Å². The third-order valence-corrected chi connectivity index (χ3v) is 6.61. The molecule has 0 aliphatic heterocycles. The number of nitrogens with one attached hydrogen (secondary N) is 1. The van der Waals surface area contributed by atoms with Crippen molar-refractivity contribution >= 4 is 5.91 Å². The zero-order chi connectivity index (χ0) is 24.4. The largest absolute Gasteiger partial charge is 0.454 e. The molecule has 5 nitrogen and oxygen atoms in total. The van der Waals surface area contributed by atoms with E-state index in [1.165, 1.54) is 96.3 Å². The quantitative estimate of drug-likeness (QED) is 0.198. The molecule has 0 saturated carbocycles. The molecule has 0 aromatic carbocycles. The monoisotopic (exact) mass is 471 g/mol. The predicted molar refractivity (Wildman–Crippen MR) is 141 cm³/mol. The van der Waals surface area contributed by atoms with Gasteiger partial charge in [0.1, 0.15) is 5.76 Å². The van der Waals surface area contributed by atoms with Gasteiger partial charge in [-0.2, -0.15) is 5.10 Å². The molecule has 2 rings (SSSR count). The van der Waals surface area contributed by atoms with E-state index in [4.69, 9.17) is 4.42 Å². The zero-order valence-electron chi connectivity index (χ0n) is 22.2. The van der Waals surface area contributed by atoms with Crippen LogP contribution in [0, 0.1) is 13.8 Å². The fraction of sp³-hybridized carbons (Fsp3) is 0.724. The Balaban J connectivity index is 1.39. The molecule has 0 saturated heterocycles. The number of aryl methyl sites for hydroxylation is 2. The van der Waals surface area contributed by atoms with Gasteiger partial charge in [0.15, 0.2) is 5.76 Å². The van der Waals surface area contributed by atoms with Crippen molar-refractivity contribution in [3.63, 3.8) is 0 Å². The topological polar surface area (TPSA) is 60.1 Å². The van der Waals surface area contributed by atoms with Crippen LogP contribution in [0.5, 0.6) is 0 Å². The van der Waals surface area contributed by atoms with Crippen LogP contribution in [-0.2, 0) is 6.54 Å². The molecular formula is C29H49N3O2. The number of carbonyl (C=O) groups is 1. The highest BCUT2D eigenvalue weighted by Crippen LogP contribution is 2.14. The minimum atomic E-state index is -0.124. The normalized spacial score (nSPS) is 11.3. The minimum Gasteiger partial charge on any atom is -0.454 e. The lowest BCUT2D eigenvalue weighted by Gasteiger charge is -2.05. The van der Waals surface area contributed by atoms with Crippen LogP contribution in [0.2, 0.25) is 0 Å². The second kappa shape index (κ2) is 17.4. The Labute approximate surface area is 208 Å². The number of rotatable bonds is 20. The number of unbranched alkanes of at least 4 members (excludes halogenated alkanes) is 15. The van der Waals surface area contributed by atoms with E-state index >= 15 is 0 Å². The van der Waals surface area contributed by atoms with Crippen molar-refractivity contribution in [3.05, 3.63) is 41.1 Å². The lowest BCUT2D eigenvalue weighted by molar-refractivity contribution is 0.0923. The summed E-state index contributed by atoms with van der Waals surface area (Å²) in [6.45, 7) is 7.54. The third-order valence-electron chi connectivity index (χ3n) is 6.61. The van der Waals surface area contributed by atoms with Gasteiger partial charge in [0.25, 0.3) is 5.91 Å². The standard InChI is InChI=1S/C29H49N3O2/c1-4-5-6-7-8-9-10-11-12-13-14-15-16-17-18-19-22-30-29(33)28-21-20-27(34-28)24-32-26(3)23-25(2)31-32/h20-21,23H,4-19,22,24H2,1-3H3,(H,30,33). The first kappa shape index (κ1) is 28.2. The molecule has 2 aromatic rings. The van der Waals surface area contributed by atoms with E-state index in [0.717, 1.165) is 23.6 Å². The van der Waals surface area contributed by atoms with Gasteiger partial charge in [-0.15, -0.1) is 0 Å². The van der Waals surface area contributed by atoms with Gasteiger partial charge in [0, 0.05) is 12.2 Å². The van der Waals surface area contributed by atoms with Crippen LogP contribution < -0.4 is 5.32 Å². The molecule has 2 aromatic heterocycles. The number of aromatic nitrogens is 2. The average molecular weight is 472 g/mol. The van der Waals surface area contributed by atoms with Crippen molar-refractivity contribution in [2.75, 3.05) is 6.54 Å². The molecule has 0 spiro atoms. The van der Waals surface area contributed by atoms with Crippen LogP contribution in [0.3, 0.4) is 0 Å². The highest BCUT2D eigenvalue weighted by molar-refractivity contribution is 5.91. The summed E-state index contributed by atoms with van der Waals surface area (Å²) in [7, 11) is 0. The van der Waals surface area contributed by atoms with E-state index in [2.05, 4.69) is 17.3 Å². The molecule has 0 atom stereocenters. The van der Waals surface area contributed by atoms with Crippen LogP contribution in [0.15, 0.2) is 22.6 Å². The Hall–Kier alpha value is -2.04. The fourth-order valence-corrected chi connectivity index (χ4v) is 4.53. The summed E-state index contributed by atoms with van der Waals surface area (Å²) >= 11 is 0. The number of amides is 1. The highest BCUT2D eigenvalue weighted by atomic mass is 16.4. The predicted octanol–water partition coefficient (Wildman–Crippen LogP) is 8.13. The van der Waals surface area contributed by atoms with E-state index in [0.29, 0.717) is 18.8 Å². The Morgan fingerprint density at radius 3 is 1.85 bits per heavy atom. The van der Waals surface area contributed by atoms with Gasteiger partial charge in [-0.25, -0.2) is 0 Å². The van der Waals surface area contributed by atoms with Gasteiger partial charge in [-0.3, -0.25) is 9.48 Å². The first-order valence-electron chi connectivity index (χ1n) is 14.0. The molecule has 34 heavy (non-hydrogen) atoms. The van der Waals surface area contributed by atoms with Crippen LogP contribution in [0.1, 0.15) is 137 Å². The molecule has 0 bridgehead atoms. The molecule has 1 N–H and O–H groups in total. The van der Waals surface area contributed by atoms with Crippen molar-refractivity contribution in [3.8, 4) is 0 Å². The van der Waals surface area contributed by atoms with Gasteiger partial charge in [-0.1, -0.05) is 103 Å². The zero-order valence-corrected chi connectivity index (χ0v) is 22.2. The van der Waals surface area contributed by atoms with Gasteiger partial charge in [-0.05, 0) is 38.5 Å². The number of carbonyl (C=O) groups excluding carboxylic acids is 1. The molecule has 0 aliphatic rings. The van der Waals surface area contributed by atoms with Crippen molar-refractivity contribution in [2.24, 2.45) is 0 Å². The maximum atomic E-state index is 12.3. The molecule has 0 fully saturated rings. The number of hydrogen-bond donors (Lipinski definition) is 1. The lowest BCUT2D eigenvalue weighted by Crippen LogP contribution is -2.23. The van der Waals surface area contributed by atoms with Crippen molar-refractivity contribution in [1.82, 2.24) is 15.1 Å². The highest BCUT2D eigenvalue weighted by Gasteiger charge is 2.12. The second-order valence-electron chi connectivity index (χ2n) is 9.91. The Morgan fingerprint density at radius 2 is 1.35 bits per heavy atom. The van der Waals surface area contributed by atoms with E-state index in [1.54, 1.807) is 6.07 Å². The van der Waals surface area contributed by atoms with Crippen LogP contribution >= 0.6 is 0 Å². The van der Waals surface area contributed by atoms with E-state index < -0.39 is 0 Å². The fourth-order valence-electron chi connectivity index (χ4n) is 4.53. The minimum absolute atomic E-state index is 0.124. The molecule has 0 radical (unpaired) electrons. The molecule has 2 heterocycles. The average Bonchev–Trinajstić information content (AvgIpc) is 3.41. The maximum Gasteiger partial charge on any atom is 0.286 e. The summed E-state index contributed by atoms with van der Waals surface area (Å²) in [5.74, 6) is 1.01. The first-order valence-corrected chi connectivity index (χ1v) is 14.0. The summed E-state index contributed by atoms with van der Waals surface area (Å²) < 4.78 is 7.62. The van der Waals surface area contributed by atoms with Crippen molar-refractivity contribution in [2.45, 2.75) is 130 Å². The summed E-state index contributed by atoms with van der Waals surface area (Å²) in [6.07, 6.45) is 21.7. The summed E-state index contributed by atoms with van der Waals surface area (Å²) in [5.41, 5.74) is 2.07. The summed E-state index contributed by atoms with van der Waals surface area (Å²) in [6, 6.07) is 5.65. The number of furan rings is 1. The Morgan fingerprint density at radius 1 is 0.824 bits per heavy atom. The molecular weight excluding hydrogens is 422 g/mol. The Kier molecular flexibility index (Phi) is 14.4. The second-order valence-corrected chi connectivity index (χ2v) is 9.91. The summed E-state index contributed by atoms with van der Waals surface area (Å²) in [5, 5.41) is 7.43. The third kappa shape index (κ3) is 11.9. The molecule has 192 valence electrons. The molecule has 1 amide bonds. The Bertz CT molecular complexity index is 793. The van der Waals surface area contributed by atoms with Crippen molar-refractivity contribution < 1.29 is 9.21 Å². The van der Waals surface area contributed by atoms with E-state index in [-0.39, 0.29) is 5.91 Å². The molecule has 0 aliphatic carbocycles. The smallest absolute Gasteiger partial charge is 0.286 e. The van der Waals surface area contributed by atoms with Gasteiger partial charge >= 0.3 is 0 Å². The first-order chi connectivity index (χ1) is 16.6. The van der Waals surface area contributed by atoms with Crippen LogP contribution in [-0.4, -0.2) is 22.2 Å². The number of hydrogen-bond acceptors (Lipinski definition) is 3. The SMILES string of the molecule is CCCCCCCCCCCCCCCCCCNC(=O)c1ccc(Cn2nc(C)cc2C)o1. The van der Waals surface area contributed by atoms with E-state index in [9.17, 15) is 4.79 Å². The van der Waals surface area contributed by atoms with Gasteiger partial charge < -0.3 is 9.73 Å². The van der Waals surface area contributed by atoms with Crippen LogP contribution in [0.4, 0.5) is 0 Å². The van der Waals surface area contributed by atoms with E-state index in [1.807, 2.05) is 30.7 Å². The number of nitrogens with zero attached hydrogens (tertiary/aromatic N) is 2. The molecule has 5 heteroatoms. The summed E-state index contributed by atoms with van der Waals surface area (Å²) in [4.78, 5) is 12.3. The van der Waals surface area contributed by atoms with Gasteiger partial charge in [0.2, 0.25) is 0 Å². The molecule has 0 unspecified atom stereocenters. The van der Waals surface area contributed by atoms with Crippen LogP contribution in [0.25, 0.3) is 0 Å². The lowest BCUT2D eigenvalue weighted by atomic mass is 10.0. The maximum absolute atomic E-state index is 12.3. The van der Waals surface area contributed by atoms with Gasteiger partial charge in [0.05, 0.1) is 12.2 Å².